The van der Waals surface area contributed by atoms with Gasteiger partial charge < -0.3 is 25.0 Å². The summed E-state index contributed by atoms with van der Waals surface area (Å²) in [5.41, 5.74) is 0.426. The SMILES string of the molecule is CCn1c(SCC(=O)Nc2nccs2)nnc1C(CO)NC(=O)c1ccc(OC)cc1. The van der Waals surface area contributed by atoms with Crippen LogP contribution < -0.4 is 15.4 Å². The van der Waals surface area contributed by atoms with Gasteiger partial charge in [0.1, 0.15) is 11.8 Å². The predicted molar refractivity (Wildman–Crippen MR) is 117 cm³/mol. The quantitative estimate of drug-likeness (QED) is 0.390. The van der Waals surface area contributed by atoms with E-state index in [0.717, 1.165) is 0 Å². The lowest BCUT2D eigenvalue weighted by Gasteiger charge is -2.17. The van der Waals surface area contributed by atoms with Crippen LogP contribution in [-0.2, 0) is 11.3 Å². The highest BCUT2D eigenvalue weighted by atomic mass is 32.2. The van der Waals surface area contributed by atoms with E-state index in [1.165, 1.54) is 23.1 Å². The zero-order valence-corrected chi connectivity index (χ0v) is 18.6. The topological polar surface area (TPSA) is 131 Å². The molecule has 0 fully saturated rings. The van der Waals surface area contributed by atoms with E-state index < -0.39 is 6.04 Å². The van der Waals surface area contributed by atoms with Crippen LogP contribution in [0.1, 0.15) is 29.1 Å². The molecule has 3 N–H and O–H groups in total. The maximum atomic E-state index is 12.6. The van der Waals surface area contributed by atoms with Crippen molar-refractivity contribution in [1.82, 2.24) is 25.1 Å². The molecule has 1 aromatic carbocycles. The molecule has 0 aliphatic heterocycles. The van der Waals surface area contributed by atoms with E-state index in [1.807, 2.05) is 6.92 Å². The summed E-state index contributed by atoms with van der Waals surface area (Å²) >= 11 is 2.55. The van der Waals surface area contributed by atoms with E-state index >= 15 is 0 Å². The fraction of sp³-hybridized carbons (Fsp3) is 0.316. The summed E-state index contributed by atoms with van der Waals surface area (Å²) in [7, 11) is 1.55. The molecule has 2 heterocycles. The number of nitrogens with one attached hydrogen (secondary N) is 2. The number of anilines is 1. The first-order chi connectivity index (χ1) is 15.0. The number of amides is 2. The minimum Gasteiger partial charge on any atom is -0.497 e. The van der Waals surface area contributed by atoms with Gasteiger partial charge in [0.25, 0.3) is 5.91 Å². The molecule has 0 bridgehead atoms. The number of hydrogen-bond acceptors (Lipinski definition) is 9. The third-order valence-corrected chi connectivity index (χ3v) is 5.88. The zero-order chi connectivity index (χ0) is 22.2. The van der Waals surface area contributed by atoms with E-state index in [9.17, 15) is 14.7 Å². The summed E-state index contributed by atoms with van der Waals surface area (Å²) in [6.07, 6.45) is 1.61. The van der Waals surface area contributed by atoms with Crippen molar-refractivity contribution in [1.29, 1.82) is 0 Å². The van der Waals surface area contributed by atoms with Crippen molar-refractivity contribution in [3.63, 3.8) is 0 Å². The molecule has 31 heavy (non-hydrogen) atoms. The Hall–Kier alpha value is -2.96. The predicted octanol–water partition coefficient (Wildman–Crippen LogP) is 1.96. The molecular weight excluding hydrogens is 440 g/mol. The highest BCUT2D eigenvalue weighted by Crippen LogP contribution is 2.22. The van der Waals surface area contributed by atoms with E-state index in [2.05, 4.69) is 25.8 Å². The summed E-state index contributed by atoms with van der Waals surface area (Å²) < 4.78 is 6.86. The number of thioether (sulfide) groups is 1. The molecule has 3 rings (SSSR count). The number of carbonyl (C=O) groups is 2. The monoisotopic (exact) mass is 462 g/mol. The molecule has 2 aromatic heterocycles. The molecule has 1 atom stereocenters. The van der Waals surface area contributed by atoms with Crippen LogP contribution in [0.25, 0.3) is 0 Å². The van der Waals surface area contributed by atoms with Crippen molar-refractivity contribution >= 4 is 40.0 Å². The molecule has 2 amide bonds. The van der Waals surface area contributed by atoms with Crippen LogP contribution >= 0.6 is 23.1 Å². The Morgan fingerprint density at radius 3 is 2.68 bits per heavy atom. The second-order valence-electron chi connectivity index (χ2n) is 6.20. The average molecular weight is 463 g/mol. The van der Waals surface area contributed by atoms with Crippen LogP contribution in [0.3, 0.4) is 0 Å². The lowest BCUT2D eigenvalue weighted by atomic mass is 10.2. The van der Waals surface area contributed by atoms with Crippen LogP contribution in [0, 0.1) is 0 Å². The average Bonchev–Trinajstić information content (AvgIpc) is 3.45. The molecule has 12 heteroatoms. The summed E-state index contributed by atoms with van der Waals surface area (Å²) in [6.45, 7) is 2.05. The Morgan fingerprint density at radius 2 is 2.06 bits per heavy atom. The Labute approximate surface area is 187 Å². The molecule has 10 nitrogen and oxygen atoms in total. The van der Waals surface area contributed by atoms with Crippen LogP contribution in [-0.4, -0.2) is 56.1 Å². The number of hydrogen-bond donors (Lipinski definition) is 3. The lowest BCUT2D eigenvalue weighted by molar-refractivity contribution is -0.113. The maximum Gasteiger partial charge on any atom is 0.251 e. The van der Waals surface area contributed by atoms with Crippen molar-refractivity contribution in [2.75, 3.05) is 24.8 Å². The second kappa shape index (κ2) is 10.9. The standard InChI is InChI=1S/C19H22N6O4S2/c1-3-25-16(14(10-26)21-17(28)12-4-6-13(29-2)7-5-12)23-24-19(25)31-11-15(27)22-18-20-8-9-30-18/h4-9,14,26H,3,10-11H2,1-2H3,(H,21,28)(H,20,22,27). The van der Waals surface area contributed by atoms with Gasteiger partial charge in [0.15, 0.2) is 16.1 Å². The summed E-state index contributed by atoms with van der Waals surface area (Å²) in [6, 6.07) is 5.89. The van der Waals surface area contributed by atoms with Crippen molar-refractivity contribution < 1.29 is 19.4 Å². The maximum absolute atomic E-state index is 12.6. The van der Waals surface area contributed by atoms with Crippen molar-refractivity contribution in [2.24, 2.45) is 0 Å². The van der Waals surface area contributed by atoms with Crippen molar-refractivity contribution in [2.45, 2.75) is 24.7 Å². The number of methoxy groups -OCH3 is 1. The summed E-state index contributed by atoms with van der Waals surface area (Å²) in [5, 5.41) is 26.4. The molecule has 0 aliphatic carbocycles. The molecule has 0 aliphatic rings. The van der Waals surface area contributed by atoms with Crippen LogP contribution in [0.4, 0.5) is 5.13 Å². The van der Waals surface area contributed by atoms with E-state index in [0.29, 0.717) is 34.0 Å². The van der Waals surface area contributed by atoms with Gasteiger partial charge in [-0.15, -0.1) is 21.5 Å². The lowest BCUT2D eigenvalue weighted by Crippen LogP contribution is -2.32. The van der Waals surface area contributed by atoms with Crippen LogP contribution in [0.2, 0.25) is 0 Å². The van der Waals surface area contributed by atoms with Crippen molar-refractivity contribution in [3.05, 3.63) is 47.2 Å². The minimum atomic E-state index is -0.749. The Bertz CT molecular complexity index is 1010. The second-order valence-corrected chi connectivity index (χ2v) is 8.03. The number of nitrogens with zero attached hydrogens (tertiary/aromatic N) is 4. The van der Waals surface area contributed by atoms with Gasteiger partial charge in [0.2, 0.25) is 5.91 Å². The third kappa shape index (κ3) is 5.81. The van der Waals surface area contributed by atoms with Crippen molar-refractivity contribution in [3.8, 4) is 5.75 Å². The van der Waals surface area contributed by atoms with Gasteiger partial charge in [-0.1, -0.05) is 11.8 Å². The molecule has 0 saturated carbocycles. The first kappa shape index (κ1) is 22.7. The molecule has 164 valence electrons. The molecule has 0 radical (unpaired) electrons. The van der Waals surface area contributed by atoms with Gasteiger partial charge in [0, 0.05) is 23.7 Å². The molecule has 0 saturated heterocycles. The number of rotatable bonds is 10. The fourth-order valence-corrected chi connectivity index (χ4v) is 4.06. The van der Waals surface area contributed by atoms with E-state index in [4.69, 9.17) is 4.74 Å². The van der Waals surface area contributed by atoms with Gasteiger partial charge in [-0.3, -0.25) is 9.59 Å². The normalized spacial score (nSPS) is 11.7. The van der Waals surface area contributed by atoms with E-state index in [-0.39, 0.29) is 24.2 Å². The highest BCUT2D eigenvalue weighted by Gasteiger charge is 2.23. The summed E-state index contributed by atoms with van der Waals surface area (Å²) in [5.74, 6) is 0.610. The summed E-state index contributed by atoms with van der Waals surface area (Å²) in [4.78, 5) is 28.7. The number of benzene rings is 1. The Morgan fingerprint density at radius 1 is 1.29 bits per heavy atom. The third-order valence-electron chi connectivity index (χ3n) is 4.22. The number of carbonyl (C=O) groups excluding carboxylic acids is 2. The number of aliphatic hydroxyl groups excluding tert-OH is 1. The molecule has 3 aromatic rings. The van der Waals surface area contributed by atoms with Gasteiger partial charge in [-0.25, -0.2) is 4.98 Å². The zero-order valence-electron chi connectivity index (χ0n) is 16.9. The minimum absolute atomic E-state index is 0.125. The van der Waals surface area contributed by atoms with Gasteiger partial charge in [-0.2, -0.15) is 0 Å². The van der Waals surface area contributed by atoms with Gasteiger partial charge >= 0.3 is 0 Å². The Balaban J connectivity index is 1.66. The first-order valence-electron chi connectivity index (χ1n) is 9.36. The number of ether oxygens (including phenoxy) is 1. The highest BCUT2D eigenvalue weighted by molar-refractivity contribution is 7.99. The number of aromatic nitrogens is 4. The number of aliphatic hydroxyl groups is 1. The van der Waals surface area contributed by atoms with E-state index in [1.54, 1.807) is 47.5 Å². The van der Waals surface area contributed by atoms with Crippen LogP contribution in [0.15, 0.2) is 41.0 Å². The fourth-order valence-electron chi connectivity index (χ4n) is 2.71. The number of thiazole rings is 1. The molecular formula is C19H22N6O4S2. The van der Waals surface area contributed by atoms with Gasteiger partial charge in [-0.05, 0) is 31.2 Å². The molecule has 1 unspecified atom stereocenters. The molecule has 0 spiro atoms. The van der Waals surface area contributed by atoms with Gasteiger partial charge in [0.05, 0.1) is 19.5 Å². The van der Waals surface area contributed by atoms with Crippen LogP contribution in [0.5, 0.6) is 5.75 Å². The largest absolute Gasteiger partial charge is 0.497 e. The Kier molecular flexibility index (Phi) is 7.98. The first-order valence-corrected chi connectivity index (χ1v) is 11.2. The smallest absolute Gasteiger partial charge is 0.251 e.